The van der Waals surface area contributed by atoms with Crippen LogP contribution in [0.5, 0.6) is 0 Å². The SMILES string of the molecule is CCNC(CC1CCOCC1)c1cc(Cl)sc1Cl. The fraction of sp³-hybridized carbons (Fsp3) is 0.692. The van der Waals surface area contributed by atoms with E-state index in [2.05, 4.69) is 12.2 Å². The first kappa shape index (κ1) is 14.6. The van der Waals surface area contributed by atoms with Crippen LogP contribution in [0.4, 0.5) is 0 Å². The summed E-state index contributed by atoms with van der Waals surface area (Å²) in [6.07, 6.45) is 3.42. The molecular formula is C13H19Cl2NOS. The van der Waals surface area contributed by atoms with Gasteiger partial charge in [0.25, 0.3) is 0 Å². The fourth-order valence-electron chi connectivity index (χ4n) is 2.47. The third kappa shape index (κ3) is 3.84. The monoisotopic (exact) mass is 307 g/mol. The van der Waals surface area contributed by atoms with Gasteiger partial charge in [-0.3, -0.25) is 0 Å². The molecule has 0 aromatic carbocycles. The molecule has 0 bridgehead atoms. The minimum Gasteiger partial charge on any atom is -0.381 e. The second-order valence-corrected chi connectivity index (χ2v) is 6.97. The smallest absolute Gasteiger partial charge is 0.0991 e. The van der Waals surface area contributed by atoms with Gasteiger partial charge >= 0.3 is 0 Å². The van der Waals surface area contributed by atoms with Gasteiger partial charge in [-0.25, -0.2) is 0 Å². The van der Waals surface area contributed by atoms with E-state index in [1.807, 2.05) is 6.07 Å². The number of nitrogens with one attached hydrogen (secondary N) is 1. The normalized spacial score (nSPS) is 19.1. The summed E-state index contributed by atoms with van der Waals surface area (Å²) in [6, 6.07) is 2.32. The van der Waals surface area contributed by atoms with Crippen molar-refractivity contribution in [3.63, 3.8) is 0 Å². The van der Waals surface area contributed by atoms with Crippen LogP contribution in [-0.4, -0.2) is 19.8 Å². The molecule has 2 nitrogen and oxygen atoms in total. The average Bonchev–Trinajstić information content (AvgIpc) is 2.69. The first-order chi connectivity index (χ1) is 8.70. The molecule has 18 heavy (non-hydrogen) atoms. The van der Waals surface area contributed by atoms with E-state index in [4.69, 9.17) is 27.9 Å². The van der Waals surface area contributed by atoms with Crippen LogP contribution in [-0.2, 0) is 4.74 Å². The van der Waals surface area contributed by atoms with Gasteiger partial charge in [0.1, 0.15) is 0 Å². The molecule has 1 aromatic rings. The molecule has 5 heteroatoms. The molecule has 2 heterocycles. The minimum absolute atomic E-state index is 0.314. The Balaban J connectivity index is 2.04. The van der Waals surface area contributed by atoms with Gasteiger partial charge in [-0.2, -0.15) is 0 Å². The maximum atomic E-state index is 6.26. The third-order valence-corrected chi connectivity index (χ3v) is 4.94. The summed E-state index contributed by atoms with van der Waals surface area (Å²) in [6.45, 7) is 4.85. The van der Waals surface area contributed by atoms with Gasteiger partial charge in [-0.1, -0.05) is 30.1 Å². The second kappa shape index (κ2) is 7.11. The van der Waals surface area contributed by atoms with Gasteiger partial charge in [0.15, 0.2) is 0 Å². The number of halogens is 2. The summed E-state index contributed by atoms with van der Waals surface area (Å²) in [4.78, 5) is 0. The molecule has 1 N–H and O–H groups in total. The molecule has 0 aliphatic carbocycles. The van der Waals surface area contributed by atoms with Crippen molar-refractivity contribution in [3.8, 4) is 0 Å². The molecule has 102 valence electrons. The summed E-state index contributed by atoms with van der Waals surface area (Å²) in [7, 11) is 0. The van der Waals surface area contributed by atoms with Crippen molar-refractivity contribution < 1.29 is 4.74 Å². The molecule has 1 aliphatic heterocycles. The van der Waals surface area contributed by atoms with Crippen molar-refractivity contribution in [3.05, 3.63) is 20.3 Å². The zero-order valence-corrected chi connectivity index (χ0v) is 12.9. The highest BCUT2D eigenvalue weighted by molar-refractivity contribution is 7.20. The summed E-state index contributed by atoms with van der Waals surface area (Å²) in [5.74, 6) is 0.720. The van der Waals surface area contributed by atoms with Gasteiger partial charge < -0.3 is 10.1 Å². The molecule has 1 saturated heterocycles. The van der Waals surface area contributed by atoms with E-state index in [1.165, 1.54) is 11.3 Å². The van der Waals surface area contributed by atoms with Crippen molar-refractivity contribution in [2.24, 2.45) is 5.92 Å². The van der Waals surface area contributed by atoms with E-state index in [-0.39, 0.29) is 0 Å². The van der Waals surface area contributed by atoms with Gasteiger partial charge in [-0.15, -0.1) is 11.3 Å². The predicted octanol–water partition coefficient (Wildman–Crippen LogP) is 4.52. The van der Waals surface area contributed by atoms with Crippen LogP contribution in [0.3, 0.4) is 0 Å². The number of ether oxygens (including phenoxy) is 1. The Hall–Kier alpha value is 0.200. The molecule has 0 spiro atoms. The minimum atomic E-state index is 0.314. The van der Waals surface area contributed by atoms with Crippen molar-refractivity contribution in [2.75, 3.05) is 19.8 Å². The quantitative estimate of drug-likeness (QED) is 0.863. The molecule has 1 fully saturated rings. The summed E-state index contributed by atoms with van der Waals surface area (Å²) in [5, 5.41) is 3.52. The maximum absolute atomic E-state index is 6.26. The number of hydrogen-bond donors (Lipinski definition) is 1. The van der Waals surface area contributed by atoms with Crippen LogP contribution in [0.15, 0.2) is 6.07 Å². The van der Waals surface area contributed by atoms with Crippen LogP contribution in [0.1, 0.15) is 37.8 Å². The fourth-order valence-corrected chi connectivity index (χ4v) is 4.05. The van der Waals surface area contributed by atoms with Crippen molar-refractivity contribution in [2.45, 2.75) is 32.2 Å². The Kier molecular flexibility index (Phi) is 5.77. The van der Waals surface area contributed by atoms with Crippen LogP contribution in [0.2, 0.25) is 8.67 Å². The average molecular weight is 308 g/mol. The zero-order valence-electron chi connectivity index (χ0n) is 10.5. The molecule has 0 radical (unpaired) electrons. The van der Waals surface area contributed by atoms with Crippen LogP contribution in [0, 0.1) is 5.92 Å². The topological polar surface area (TPSA) is 21.3 Å². The van der Waals surface area contributed by atoms with E-state index in [0.717, 1.165) is 59.2 Å². The molecule has 1 aromatic heterocycles. The number of rotatable bonds is 5. The molecule has 1 atom stereocenters. The van der Waals surface area contributed by atoms with E-state index in [9.17, 15) is 0 Å². The summed E-state index contributed by atoms with van der Waals surface area (Å²) < 4.78 is 7.00. The molecule has 2 rings (SSSR count). The maximum Gasteiger partial charge on any atom is 0.0991 e. The Bertz CT molecular complexity index is 377. The Labute approximate surface area is 123 Å². The Morgan fingerprint density at radius 3 is 2.72 bits per heavy atom. The highest BCUT2D eigenvalue weighted by atomic mass is 35.5. The van der Waals surface area contributed by atoms with Gasteiger partial charge in [0, 0.05) is 24.8 Å². The lowest BCUT2D eigenvalue weighted by molar-refractivity contribution is 0.0606. The number of thiophene rings is 1. The molecule has 1 aliphatic rings. The molecular weight excluding hydrogens is 289 g/mol. The lowest BCUT2D eigenvalue weighted by Gasteiger charge is -2.27. The van der Waals surface area contributed by atoms with Crippen molar-refractivity contribution in [1.82, 2.24) is 5.32 Å². The molecule has 0 amide bonds. The van der Waals surface area contributed by atoms with Crippen LogP contribution in [0.25, 0.3) is 0 Å². The van der Waals surface area contributed by atoms with Gasteiger partial charge in [-0.05, 0) is 37.8 Å². The first-order valence-corrected chi connectivity index (χ1v) is 8.03. The zero-order chi connectivity index (χ0) is 13.0. The predicted molar refractivity (Wildman–Crippen MR) is 78.9 cm³/mol. The van der Waals surface area contributed by atoms with Crippen LogP contribution >= 0.6 is 34.5 Å². The van der Waals surface area contributed by atoms with E-state index >= 15 is 0 Å². The Morgan fingerprint density at radius 1 is 1.44 bits per heavy atom. The second-order valence-electron chi connectivity index (χ2n) is 4.68. The van der Waals surface area contributed by atoms with Crippen molar-refractivity contribution >= 4 is 34.5 Å². The van der Waals surface area contributed by atoms with E-state index < -0.39 is 0 Å². The highest BCUT2D eigenvalue weighted by Gasteiger charge is 2.22. The van der Waals surface area contributed by atoms with Gasteiger partial charge in [0.05, 0.1) is 8.67 Å². The molecule has 0 saturated carbocycles. The summed E-state index contributed by atoms with van der Waals surface area (Å²) in [5.41, 5.74) is 1.15. The standard InChI is InChI=1S/C13H19Cl2NOS/c1-2-16-11(7-9-3-5-17-6-4-9)10-8-12(14)18-13(10)15/h8-9,11,16H,2-7H2,1H3. The first-order valence-electron chi connectivity index (χ1n) is 6.46. The highest BCUT2D eigenvalue weighted by Crippen LogP contribution is 2.38. The third-order valence-electron chi connectivity index (χ3n) is 3.42. The largest absolute Gasteiger partial charge is 0.381 e. The number of hydrogen-bond acceptors (Lipinski definition) is 3. The van der Waals surface area contributed by atoms with E-state index in [0.29, 0.717) is 6.04 Å². The molecule has 1 unspecified atom stereocenters. The van der Waals surface area contributed by atoms with Crippen LogP contribution < -0.4 is 5.32 Å². The summed E-state index contributed by atoms with van der Waals surface area (Å²) >= 11 is 13.8. The lowest BCUT2D eigenvalue weighted by Crippen LogP contribution is -2.26. The lowest BCUT2D eigenvalue weighted by atomic mass is 9.90. The Morgan fingerprint density at radius 2 is 2.17 bits per heavy atom. The van der Waals surface area contributed by atoms with E-state index in [1.54, 1.807) is 0 Å². The van der Waals surface area contributed by atoms with Crippen molar-refractivity contribution in [1.29, 1.82) is 0 Å². The van der Waals surface area contributed by atoms with Gasteiger partial charge in [0.2, 0.25) is 0 Å².